The molecular weight excluding hydrogens is 453 g/mol. The second kappa shape index (κ2) is 11.5. The van der Waals surface area contributed by atoms with Crippen LogP contribution in [0.4, 0.5) is 5.82 Å². The first kappa shape index (κ1) is 24.2. The Morgan fingerprint density at radius 1 is 1.20 bits per heavy atom. The fourth-order valence-electron chi connectivity index (χ4n) is 5.78. The highest BCUT2D eigenvalue weighted by molar-refractivity contribution is 7.42. The van der Waals surface area contributed by atoms with Crippen LogP contribution in [0.5, 0.6) is 0 Å². The number of rotatable bonds is 8. The first-order chi connectivity index (χ1) is 17.2. The van der Waals surface area contributed by atoms with Crippen LogP contribution < -0.4 is 5.32 Å². The number of aromatic nitrogens is 4. The standard InChI is InChI=1S/C27H38N7P/c1-19-31-26-25(29-18-30-26)27(32-19)33-22-8-6-20(7-9-22)16-21-17-23(34-13-4-3-5-14-34)10-11-24(21)35-15-12-28-2/h10,12,15,17-18,20,22,24,35H,2-9,11,13-14,16H2,1H3,(H2,29,30,31,32,33)/b15-12-/t20?,22?,24-/m0/s1. The Labute approximate surface area is 210 Å². The second-order valence-corrected chi connectivity index (χ2v) is 11.5. The normalized spacial score (nSPS) is 25.9. The molecule has 3 heterocycles. The lowest BCUT2D eigenvalue weighted by molar-refractivity contribution is 0.290. The zero-order valence-corrected chi connectivity index (χ0v) is 21.8. The lowest BCUT2D eigenvalue weighted by atomic mass is 9.80. The average molecular weight is 492 g/mol. The van der Waals surface area contributed by atoms with Gasteiger partial charge in [-0.25, -0.2) is 15.0 Å². The number of allylic oxidation sites excluding steroid dienone is 3. The van der Waals surface area contributed by atoms with Crippen LogP contribution in [0.25, 0.3) is 11.2 Å². The Morgan fingerprint density at radius 2 is 2.03 bits per heavy atom. The van der Waals surface area contributed by atoms with Crippen molar-refractivity contribution in [3.05, 3.63) is 47.6 Å². The number of piperidine rings is 1. The number of hydrogen-bond acceptors (Lipinski definition) is 6. The van der Waals surface area contributed by atoms with E-state index in [1.54, 1.807) is 11.9 Å². The molecule has 3 aliphatic rings. The first-order valence-corrected chi connectivity index (χ1v) is 14.3. The molecule has 2 fully saturated rings. The van der Waals surface area contributed by atoms with Gasteiger partial charge in [-0.15, -0.1) is 0 Å². The van der Waals surface area contributed by atoms with Gasteiger partial charge < -0.3 is 15.2 Å². The van der Waals surface area contributed by atoms with E-state index in [1.165, 1.54) is 70.2 Å². The van der Waals surface area contributed by atoms with Crippen LogP contribution >= 0.6 is 8.58 Å². The second-order valence-electron chi connectivity index (χ2n) is 10.1. The molecule has 7 nitrogen and oxygen atoms in total. The smallest absolute Gasteiger partial charge is 0.183 e. The number of imidazole rings is 1. The van der Waals surface area contributed by atoms with Crippen LogP contribution in [0.3, 0.4) is 0 Å². The van der Waals surface area contributed by atoms with Crippen molar-refractivity contribution < 1.29 is 0 Å². The van der Waals surface area contributed by atoms with Crippen LogP contribution in [0, 0.1) is 12.8 Å². The van der Waals surface area contributed by atoms with Gasteiger partial charge in [0.1, 0.15) is 11.3 Å². The molecular formula is C27H38N7P. The van der Waals surface area contributed by atoms with Crippen molar-refractivity contribution >= 4 is 32.3 Å². The summed E-state index contributed by atoms with van der Waals surface area (Å²) in [7, 11) is 0.775. The van der Waals surface area contributed by atoms with Crippen molar-refractivity contribution in [1.29, 1.82) is 0 Å². The third-order valence-electron chi connectivity index (χ3n) is 7.65. The minimum Gasteiger partial charge on any atom is -0.372 e. The highest BCUT2D eigenvalue weighted by Crippen LogP contribution is 2.41. The highest BCUT2D eigenvalue weighted by Gasteiger charge is 2.27. The SMILES string of the molecule is C=N/C=C\P[C@H]1CC=C(N2CCCCC2)C=C1CC1CCC(Nc2nc(C)nc3nc[nH]c23)CC1. The van der Waals surface area contributed by atoms with Crippen LogP contribution in [0.2, 0.25) is 0 Å². The molecule has 2 aromatic heterocycles. The fraction of sp³-hybridized carbons (Fsp3) is 0.556. The number of aromatic amines is 1. The van der Waals surface area contributed by atoms with E-state index in [1.807, 2.05) is 13.1 Å². The van der Waals surface area contributed by atoms with Crippen molar-refractivity contribution in [2.24, 2.45) is 10.9 Å². The Kier molecular flexibility index (Phi) is 7.92. The van der Waals surface area contributed by atoms with Gasteiger partial charge in [0.15, 0.2) is 11.5 Å². The molecule has 1 unspecified atom stereocenters. The van der Waals surface area contributed by atoms with E-state index in [9.17, 15) is 0 Å². The van der Waals surface area contributed by atoms with Gasteiger partial charge >= 0.3 is 0 Å². The van der Waals surface area contributed by atoms with Crippen molar-refractivity contribution in [3.8, 4) is 0 Å². The molecule has 2 aromatic rings. The molecule has 0 amide bonds. The van der Waals surface area contributed by atoms with Gasteiger partial charge in [-0.1, -0.05) is 20.2 Å². The summed E-state index contributed by atoms with van der Waals surface area (Å²) >= 11 is 0. The first-order valence-electron chi connectivity index (χ1n) is 13.2. The van der Waals surface area contributed by atoms with Gasteiger partial charge in [-0.05, 0) is 89.2 Å². The van der Waals surface area contributed by atoms with Crippen LogP contribution in [0.15, 0.2) is 46.8 Å². The number of hydrogen-bond donors (Lipinski definition) is 2. The monoisotopic (exact) mass is 491 g/mol. The number of aliphatic imine (C=N–C) groups is 1. The minimum atomic E-state index is 0.454. The molecule has 1 aliphatic heterocycles. The van der Waals surface area contributed by atoms with E-state index in [0.29, 0.717) is 11.7 Å². The van der Waals surface area contributed by atoms with Crippen molar-refractivity contribution in [3.63, 3.8) is 0 Å². The maximum absolute atomic E-state index is 4.65. The van der Waals surface area contributed by atoms with Gasteiger partial charge in [-0.3, -0.25) is 4.99 Å². The van der Waals surface area contributed by atoms with Crippen molar-refractivity contribution in [2.45, 2.75) is 76.4 Å². The van der Waals surface area contributed by atoms with Gasteiger partial charge in [0.05, 0.1) is 6.33 Å². The summed E-state index contributed by atoms with van der Waals surface area (Å²) in [6, 6.07) is 0.454. The van der Waals surface area contributed by atoms with Crippen molar-refractivity contribution in [2.75, 3.05) is 18.4 Å². The van der Waals surface area contributed by atoms with Gasteiger partial charge in [-0.2, -0.15) is 0 Å². The zero-order chi connectivity index (χ0) is 24.0. The van der Waals surface area contributed by atoms with Gasteiger partial charge in [0.2, 0.25) is 0 Å². The molecule has 1 saturated heterocycles. The molecule has 0 spiro atoms. The molecule has 5 rings (SSSR count). The summed E-state index contributed by atoms with van der Waals surface area (Å²) in [5.74, 6) is 4.62. The van der Waals surface area contributed by atoms with Gasteiger partial charge in [0.25, 0.3) is 0 Å². The van der Waals surface area contributed by atoms with Crippen LogP contribution in [-0.4, -0.2) is 56.3 Å². The summed E-state index contributed by atoms with van der Waals surface area (Å²) in [6.45, 7) is 7.96. The summed E-state index contributed by atoms with van der Waals surface area (Å²) in [6.07, 6.45) is 19.9. The summed E-state index contributed by atoms with van der Waals surface area (Å²) < 4.78 is 0. The molecule has 35 heavy (non-hydrogen) atoms. The average Bonchev–Trinajstić information content (AvgIpc) is 3.35. The maximum atomic E-state index is 4.65. The molecule has 0 bridgehead atoms. The van der Waals surface area contributed by atoms with E-state index >= 15 is 0 Å². The quantitative estimate of drug-likeness (QED) is 0.353. The summed E-state index contributed by atoms with van der Waals surface area (Å²) in [5.41, 5.74) is 5.40. The Bertz CT molecular complexity index is 1100. The topological polar surface area (TPSA) is 82.1 Å². The number of anilines is 1. The van der Waals surface area contributed by atoms with Crippen LogP contribution in [-0.2, 0) is 0 Å². The molecule has 0 aromatic carbocycles. The molecule has 1 saturated carbocycles. The predicted octanol–water partition coefficient (Wildman–Crippen LogP) is 5.94. The van der Waals surface area contributed by atoms with Crippen LogP contribution in [0.1, 0.15) is 63.6 Å². The third kappa shape index (κ3) is 6.00. The number of nitrogens with zero attached hydrogens (tertiary/aromatic N) is 5. The lowest BCUT2D eigenvalue weighted by Crippen LogP contribution is -2.30. The molecule has 186 valence electrons. The zero-order valence-electron chi connectivity index (χ0n) is 20.8. The number of likely N-dealkylation sites (tertiary alicyclic amines) is 1. The van der Waals surface area contributed by atoms with E-state index in [4.69, 9.17) is 0 Å². The minimum absolute atomic E-state index is 0.454. The number of aryl methyl sites for hydroxylation is 1. The Balaban J connectivity index is 1.21. The molecule has 0 radical (unpaired) electrons. The molecule has 2 atom stereocenters. The predicted molar refractivity (Wildman–Crippen MR) is 147 cm³/mol. The van der Waals surface area contributed by atoms with E-state index in [0.717, 1.165) is 43.7 Å². The summed E-state index contributed by atoms with van der Waals surface area (Å²) in [4.78, 5) is 23.1. The number of fused-ring (bicyclic) bond motifs is 1. The van der Waals surface area contributed by atoms with Crippen molar-refractivity contribution in [1.82, 2.24) is 24.8 Å². The third-order valence-corrected chi connectivity index (χ3v) is 9.00. The Hall–Kier alpha value is -2.53. The van der Waals surface area contributed by atoms with Gasteiger partial charge in [0, 0.05) is 36.7 Å². The largest absolute Gasteiger partial charge is 0.372 e. The maximum Gasteiger partial charge on any atom is 0.183 e. The highest BCUT2D eigenvalue weighted by atomic mass is 31.1. The number of H-pyrrole nitrogens is 1. The number of nitrogens with one attached hydrogen (secondary N) is 2. The Morgan fingerprint density at radius 3 is 2.83 bits per heavy atom. The molecule has 2 aliphatic carbocycles. The summed E-state index contributed by atoms with van der Waals surface area (Å²) in [5, 5.41) is 3.69. The van der Waals surface area contributed by atoms with E-state index < -0.39 is 0 Å². The molecule has 2 N–H and O–H groups in total. The van der Waals surface area contributed by atoms with E-state index in [2.05, 4.69) is 59.8 Å². The lowest BCUT2D eigenvalue weighted by Gasteiger charge is -2.35. The fourth-order valence-corrected chi connectivity index (χ4v) is 6.88. The molecule has 8 heteroatoms. The van der Waals surface area contributed by atoms with E-state index in [-0.39, 0.29) is 0 Å².